The summed E-state index contributed by atoms with van der Waals surface area (Å²) in [6.07, 6.45) is 4.83. The van der Waals surface area contributed by atoms with Gasteiger partial charge >= 0.3 is 0 Å². The molecule has 4 rings (SSSR count). The first-order valence-corrected chi connectivity index (χ1v) is 10.7. The van der Waals surface area contributed by atoms with Crippen LogP contribution in [0.1, 0.15) is 36.2 Å². The fourth-order valence-electron chi connectivity index (χ4n) is 3.99. The average Bonchev–Trinajstić information content (AvgIpc) is 3.28. The summed E-state index contributed by atoms with van der Waals surface area (Å²) in [5.74, 6) is 0.793. The molecule has 0 radical (unpaired) electrons. The lowest BCUT2D eigenvalue weighted by molar-refractivity contribution is -0.112. The van der Waals surface area contributed by atoms with Crippen LogP contribution in [0.25, 0.3) is 6.08 Å². The molecule has 0 aliphatic carbocycles. The smallest absolute Gasteiger partial charge is 0.266 e. The van der Waals surface area contributed by atoms with Crippen LogP contribution in [-0.4, -0.2) is 36.4 Å². The number of amides is 1. The molecule has 1 N–H and O–H groups in total. The van der Waals surface area contributed by atoms with E-state index in [0.717, 1.165) is 49.4 Å². The molecule has 0 saturated carbocycles. The summed E-state index contributed by atoms with van der Waals surface area (Å²) in [7, 11) is 0. The third-order valence-electron chi connectivity index (χ3n) is 5.69. The number of aromatic nitrogens is 1. The van der Waals surface area contributed by atoms with Crippen molar-refractivity contribution in [2.45, 2.75) is 45.8 Å². The van der Waals surface area contributed by atoms with Crippen LogP contribution in [0.15, 0.2) is 29.8 Å². The van der Waals surface area contributed by atoms with Gasteiger partial charge in [-0.1, -0.05) is 0 Å². The van der Waals surface area contributed by atoms with E-state index in [1.54, 1.807) is 24.3 Å². The number of aryl methyl sites for hydroxylation is 1. The quantitative estimate of drug-likeness (QED) is 0.583. The Bertz CT molecular complexity index is 1040. The molecule has 1 aromatic heterocycles. The maximum absolute atomic E-state index is 12.8. The second kappa shape index (κ2) is 9.27. The largest absolute Gasteiger partial charge is 0.490 e. The molecule has 1 saturated heterocycles. The van der Waals surface area contributed by atoms with Gasteiger partial charge in [0.25, 0.3) is 5.91 Å². The van der Waals surface area contributed by atoms with Crippen molar-refractivity contribution in [3.05, 3.63) is 46.8 Å². The maximum Gasteiger partial charge on any atom is 0.266 e. The zero-order valence-electron chi connectivity index (χ0n) is 17.9. The second-order valence-electron chi connectivity index (χ2n) is 7.91. The molecule has 7 nitrogen and oxygen atoms in total. The molecule has 2 aromatic rings. The van der Waals surface area contributed by atoms with Gasteiger partial charge in [0.1, 0.15) is 11.6 Å². The summed E-state index contributed by atoms with van der Waals surface area (Å²) in [5, 5.41) is 12.4. The summed E-state index contributed by atoms with van der Waals surface area (Å²) in [6.45, 7) is 6.81. The predicted molar refractivity (Wildman–Crippen MR) is 117 cm³/mol. The van der Waals surface area contributed by atoms with Crippen LogP contribution in [0, 0.1) is 25.2 Å². The van der Waals surface area contributed by atoms with Crippen molar-refractivity contribution >= 4 is 17.7 Å². The molecule has 7 heteroatoms. The minimum Gasteiger partial charge on any atom is -0.490 e. The minimum atomic E-state index is -0.457. The van der Waals surface area contributed by atoms with Crippen LogP contribution < -0.4 is 14.8 Å². The third kappa shape index (κ3) is 4.75. The van der Waals surface area contributed by atoms with Crippen molar-refractivity contribution in [3.63, 3.8) is 0 Å². The van der Waals surface area contributed by atoms with Crippen LogP contribution in [-0.2, 0) is 16.1 Å². The Morgan fingerprint density at radius 1 is 1.19 bits per heavy atom. The topological polar surface area (TPSA) is 85.5 Å². The van der Waals surface area contributed by atoms with Crippen molar-refractivity contribution in [1.29, 1.82) is 5.26 Å². The number of nitrogens with zero attached hydrogens (tertiary/aromatic N) is 2. The van der Waals surface area contributed by atoms with Gasteiger partial charge in [0, 0.05) is 42.7 Å². The van der Waals surface area contributed by atoms with Gasteiger partial charge in [-0.25, -0.2) is 0 Å². The number of ether oxygens (including phenoxy) is 3. The number of benzene rings is 1. The van der Waals surface area contributed by atoms with Crippen LogP contribution in [0.3, 0.4) is 0 Å². The Morgan fingerprint density at radius 2 is 2.00 bits per heavy atom. The van der Waals surface area contributed by atoms with Gasteiger partial charge in [-0.05, 0) is 56.5 Å². The van der Waals surface area contributed by atoms with Crippen LogP contribution in [0.5, 0.6) is 11.5 Å². The molecular weight excluding hydrogens is 394 g/mol. The Balaban J connectivity index is 1.51. The highest BCUT2D eigenvalue weighted by Gasteiger charge is 2.19. The monoisotopic (exact) mass is 421 g/mol. The lowest BCUT2D eigenvalue weighted by Crippen LogP contribution is -2.17. The van der Waals surface area contributed by atoms with E-state index in [1.807, 2.05) is 26.0 Å². The molecule has 2 aliphatic rings. The van der Waals surface area contributed by atoms with E-state index >= 15 is 0 Å². The van der Waals surface area contributed by atoms with Crippen LogP contribution in [0.4, 0.5) is 5.69 Å². The van der Waals surface area contributed by atoms with Gasteiger partial charge < -0.3 is 24.1 Å². The third-order valence-corrected chi connectivity index (χ3v) is 5.69. The minimum absolute atomic E-state index is 0.0458. The Kier molecular flexibility index (Phi) is 6.28. The van der Waals surface area contributed by atoms with Crippen molar-refractivity contribution in [2.75, 3.05) is 25.1 Å². The summed E-state index contributed by atoms with van der Waals surface area (Å²) in [5.41, 5.74) is 3.56. The van der Waals surface area contributed by atoms with Crippen LogP contribution in [0.2, 0.25) is 0 Å². The van der Waals surface area contributed by atoms with Gasteiger partial charge in [0.15, 0.2) is 11.5 Å². The number of carbonyl (C=O) groups excluding carboxylic acids is 1. The van der Waals surface area contributed by atoms with Gasteiger partial charge in [-0.2, -0.15) is 5.26 Å². The first kappa shape index (κ1) is 21.0. The van der Waals surface area contributed by atoms with Gasteiger partial charge in [0.2, 0.25) is 0 Å². The lowest BCUT2D eigenvalue weighted by atomic mass is 10.1. The summed E-state index contributed by atoms with van der Waals surface area (Å²) >= 11 is 0. The summed E-state index contributed by atoms with van der Waals surface area (Å²) in [6, 6.07) is 9.27. The number of fused-ring (bicyclic) bond motifs is 1. The average molecular weight is 421 g/mol. The number of carbonyl (C=O) groups is 1. The number of hydrogen-bond acceptors (Lipinski definition) is 5. The van der Waals surface area contributed by atoms with Gasteiger partial charge in [-0.15, -0.1) is 0 Å². The zero-order valence-corrected chi connectivity index (χ0v) is 17.9. The molecule has 31 heavy (non-hydrogen) atoms. The zero-order chi connectivity index (χ0) is 21.8. The normalized spacial score (nSPS) is 18.4. The number of nitrogens with one attached hydrogen (secondary N) is 1. The molecule has 1 aromatic carbocycles. The van der Waals surface area contributed by atoms with Gasteiger partial charge in [-0.3, -0.25) is 4.79 Å². The number of rotatable bonds is 5. The van der Waals surface area contributed by atoms with E-state index in [9.17, 15) is 10.1 Å². The molecule has 1 atom stereocenters. The molecule has 0 spiro atoms. The molecule has 2 aliphatic heterocycles. The standard InChI is InChI=1S/C24H27N3O4/c1-16-11-18(17(2)27(16)15-21-5-3-8-29-21)12-19(14-25)24(28)26-20-6-7-22-23(13-20)31-10-4-9-30-22/h6-7,11-13,21H,3-5,8-10,15H2,1-2H3,(H,26,28). The summed E-state index contributed by atoms with van der Waals surface area (Å²) < 4.78 is 19.2. The molecule has 1 unspecified atom stereocenters. The van der Waals surface area contributed by atoms with E-state index in [4.69, 9.17) is 14.2 Å². The maximum atomic E-state index is 12.8. The lowest BCUT2D eigenvalue weighted by Gasteiger charge is -2.14. The number of anilines is 1. The van der Waals surface area contributed by atoms with E-state index in [0.29, 0.717) is 30.4 Å². The highest BCUT2D eigenvalue weighted by molar-refractivity contribution is 6.09. The first-order valence-electron chi connectivity index (χ1n) is 10.7. The van der Waals surface area contributed by atoms with E-state index < -0.39 is 5.91 Å². The number of nitriles is 1. The van der Waals surface area contributed by atoms with Crippen molar-refractivity contribution < 1.29 is 19.0 Å². The molecule has 3 heterocycles. The molecule has 1 fully saturated rings. The molecule has 1 amide bonds. The Labute approximate surface area is 182 Å². The van der Waals surface area contributed by atoms with Crippen molar-refractivity contribution in [3.8, 4) is 17.6 Å². The fourth-order valence-corrected chi connectivity index (χ4v) is 3.99. The predicted octanol–water partition coefficient (Wildman–Crippen LogP) is 3.99. The fraction of sp³-hybridized carbons (Fsp3) is 0.417. The Morgan fingerprint density at radius 3 is 2.74 bits per heavy atom. The molecular formula is C24H27N3O4. The van der Waals surface area contributed by atoms with Crippen molar-refractivity contribution in [2.24, 2.45) is 0 Å². The van der Waals surface area contributed by atoms with E-state index in [-0.39, 0.29) is 11.7 Å². The SMILES string of the molecule is Cc1cc(C=C(C#N)C(=O)Nc2ccc3c(c2)OCCCO3)c(C)n1CC1CCCO1. The highest BCUT2D eigenvalue weighted by Crippen LogP contribution is 2.32. The van der Waals surface area contributed by atoms with Crippen molar-refractivity contribution in [1.82, 2.24) is 4.57 Å². The second-order valence-corrected chi connectivity index (χ2v) is 7.91. The molecule has 0 bridgehead atoms. The van der Waals surface area contributed by atoms with E-state index in [1.165, 1.54) is 0 Å². The van der Waals surface area contributed by atoms with E-state index in [2.05, 4.69) is 9.88 Å². The number of hydrogen-bond donors (Lipinski definition) is 1. The first-order chi connectivity index (χ1) is 15.0. The Hall–Kier alpha value is -3.24. The van der Waals surface area contributed by atoms with Crippen LogP contribution >= 0.6 is 0 Å². The van der Waals surface area contributed by atoms with Gasteiger partial charge in [0.05, 0.1) is 19.3 Å². The highest BCUT2D eigenvalue weighted by atomic mass is 16.5. The molecule has 162 valence electrons. The summed E-state index contributed by atoms with van der Waals surface area (Å²) in [4.78, 5) is 12.8.